The molecule has 0 amide bonds. The lowest BCUT2D eigenvalue weighted by atomic mass is 9.64. The minimum atomic E-state index is -1.73. The van der Waals surface area contributed by atoms with Gasteiger partial charge < -0.3 is 4.90 Å². The van der Waals surface area contributed by atoms with E-state index < -0.39 is 46.6 Å². The van der Waals surface area contributed by atoms with Crippen LogP contribution >= 0.6 is 0 Å². The van der Waals surface area contributed by atoms with E-state index in [0.29, 0.717) is 11.3 Å². The molecule has 3 aromatic rings. The van der Waals surface area contributed by atoms with Crippen LogP contribution in [-0.4, -0.2) is 29.4 Å². The maximum absolute atomic E-state index is 15.3. The molecule has 1 fully saturated rings. The predicted molar refractivity (Wildman–Crippen MR) is 123 cm³/mol. The van der Waals surface area contributed by atoms with Crippen molar-refractivity contribution in [3.05, 3.63) is 107 Å². The molecule has 0 N–H and O–H groups in total. The third-order valence-electron chi connectivity index (χ3n) is 7.42. The Balaban J connectivity index is 1.70. The lowest BCUT2D eigenvalue weighted by Gasteiger charge is -2.37. The zero-order valence-corrected chi connectivity index (χ0v) is 18.2. The summed E-state index contributed by atoms with van der Waals surface area (Å²) in [7, 11) is 0. The molecule has 4 nitrogen and oxygen atoms in total. The van der Waals surface area contributed by atoms with E-state index in [-0.39, 0.29) is 22.5 Å². The Hall–Kier alpha value is -3.93. The van der Waals surface area contributed by atoms with Crippen LogP contribution < -0.4 is 4.90 Å². The number of halogens is 2. The molecule has 3 aliphatic rings. The van der Waals surface area contributed by atoms with Crippen molar-refractivity contribution in [2.24, 2.45) is 5.41 Å². The Morgan fingerprint density at radius 1 is 0.912 bits per heavy atom. The molecule has 0 bridgehead atoms. The maximum atomic E-state index is 15.3. The van der Waals surface area contributed by atoms with E-state index in [4.69, 9.17) is 0 Å². The van der Waals surface area contributed by atoms with E-state index in [2.05, 4.69) is 0 Å². The van der Waals surface area contributed by atoms with Crippen LogP contribution in [0.25, 0.3) is 6.08 Å². The predicted octanol–water partition coefficient (Wildman–Crippen LogP) is 4.99. The van der Waals surface area contributed by atoms with Crippen LogP contribution in [0.4, 0.5) is 14.5 Å². The minimum absolute atomic E-state index is 0.142. The van der Waals surface area contributed by atoms with Crippen molar-refractivity contribution in [1.29, 1.82) is 0 Å². The molecular formula is C28H19F2NO3. The maximum Gasteiger partial charge on any atom is 0.180 e. The summed E-state index contributed by atoms with van der Waals surface area (Å²) in [6, 6.07) is 14.9. The molecular weight excluding hydrogens is 436 g/mol. The van der Waals surface area contributed by atoms with Gasteiger partial charge in [-0.05, 0) is 36.8 Å². The molecule has 2 aliphatic heterocycles. The highest BCUT2D eigenvalue weighted by Crippen LogP contribution is 2.60. The van der Waals surface area contributed by atoms with Gasteiger partial charge in [-0.15, -0.1) is 0 Å². The molecule has 6 heteroatoms. The third-order valence-corrected chi connectivity index (χ3v) is 7.42. The second-order valence-electron chi connectivity index (χ2n) is 9.04. The number of benzene rings is 3. The molecule has 2 heterocycles. The standard InChI is InChI=1S/C28H19F2NO3/c1-15(32)25-24(20-8-4-5-9-21(20)30)28(26(33)18-6-2-3-7-19(18)27(28)34)23-13-10-16-14-17(29)11-12-22(16)31(23)25/h2-14,23-25H,1H3/t23?,24-,25-/m0/s1. The number of hydrogen-bond acceptors (Lipinski definition) is 4. The quantitative estimate of drug-likeness (QED) is 0.511. The summed E-state index contributed by atoms with van der Waals surface area (Å²) in [6.07, 6.45) is 3.35. The average molecular weight is 455 g/mol. The number of Topliss-reactive ketones (excluding diaryl/α,β-unsaturated/α-hetero) is 3. The SMILES string of the molecule is CC(=O)[C@H]1[C@H](c2ccccc2F)C2(C(=O)c3ccccc3C2=O)C2C=Cc3cc(F)ccc3N21. The van der Waals surface area contributed by atoms with Crippen LogP contribution in [-0.2, 0) is 4.79 Å². The monoisotopic (exact) mass is 455 g/mol. The number of rotatable bonds is 2. The Morgan fingerprint density at radius 3 is 2.21 bits per heavy atom. The van der Waals surface area contributed by atoms with E-state index in [0.717, 1.165) is 0 Å². The summed E-state index contributed by atoms with van der Waals surface area (Å²) >= 11 is 0. The molecule has 1 spiro atoms. The smallest absolute Gasteiger partial charge is 0.180 e. The summed E-state index contributed by atoms with van der Waals surface area (Å²) in [4.78, 5) is 43.2. The second-order valence-corrected chi connectivity index (χ2v) is 9.04. The number of ketones is 3. The zero-order chi connectivity index (χ0) is 23.8. The van der Waals surface area contributed by atoms with Crippen LogP contribution in [0.2, 0.25) is 0 Å². The number of nitrogens with zero attached hydrogens (tertiary/aromatic N) is 1. The van der Waals surface area contributed by atoms with E-state index in [1.807, 2.05) is 0 Å². The molecule has 0 radical (unpaired) electrons. The number of carbonyl (C=O) groups excluding carboxylic acids is 3. The van der Waals surface area contributed by atoms with Gasteiger partial charge in [0.15, 0.2) is 17.3 Å². The van der Waals surface area contributed by atoms with Crippen LogP contribution in [0, 0.1) is 17.0 Å². The molecule has 6 rings (SSSR count). The van der Waals surface area contributed by atoms with Gasteiger partial charge in [0, 0.05) is 28.3 Å². The van der Waals surface area contributed by atoms with Crippen molar-refractivity contribution in [2.45, 2.75) is 24.9 Å². The first kappa shape index (κ1) is 20.7. The summed E-state index contributed by atoms with van der Waals surface area (Å²) < 4.78 is 29.3. The van der Waals surface area contributed by atoms with Gasteiger partial charge in [-0.1, -0.05) is 54.6 Å². The summed E-state index contributed by atoms with van der Waals surface area (Å²) in [6.45, 7) is 1.38. The van der Waals surface area contributed by atoms with Crippen LogP contribution in [0.5, 0.6) is 0 Å². The lowest BCUT2D eigenvalue weighted by molar-refractivity contribution is -0.118. The topological polar surface area (TPSA) is 54.5 Å². The molecule has 168 valence electrons. The molecule has 3 atom stereocenters. The average Bonchev–Trinajstić information content (AvgIpc) is 3.26. The zero-order valence-electron chi connectivity index (χ0n) is 18.2. The fourth-order valence-corrected chi connectivity index (χ4v) is 6.17. The largest absolute Gasteiger partial charge is 0.352 e. The van der Waals surface area contributed by atoms with E-state index >= 15 is 4.39 Å². The van der Waals surface area contributed by atoms with Gasteiger partial charge in [-0.25, -0.2) is 8.78 Å². The van der Waals surface area contributed by atoms with Gasteiger partial charge in [0.2, 0.25) is 0 Å². The van der Waals surface area contributed by atoms with Crippen LogP contribution in [0.3, 0.4) is 0 Å². The summed E-state index contributed by atoms with van der Waals surface area (Å²) in [5, 5.41) is 0. The van der Waals surface area contributed by atoms with Crippen molar-refractivity contribution in [2.75, 3.05) is 4.90 Å². The van der Waals surface area contributed by atoms with Gasteiger partial charge in [-0.3, -0.25) is 14.4 Å². The second kappa shape index (κ2) is 7.03. The summed E-state index contributed by atoms with van der Waals surface area (Å²) in [5.74, 6) is -3.24. The summed E-state index contributed by atoms with van der Waals surface area (Å²) in [5.41, 5.74) is 0.0208. The Labute approximate surface area is 194 Å². The van der Waals surface area contributed by atoms with Crippen molar-refractivity contribution < 1.29 is 23.2 Å². The lowest BCUT2D eigenvalue weighted by Crippen LogP contribution is -2.48. The van der Waals surface area contributed by atoms with Crippen LogP contribution in [0.15, 0.2) is 72.8 Å². The van der Waals surface area contributed by atoms with Crippen molar-refractivity contribution in [3.8, 4) is 0 Å². The van der Waals surface area contributed by atoms with Crippen molar-refractivity contribution >= 4 is 29.1 Å². The van der Waals surface area contributed by atoms with Gasteiger partial charge in [0.05, 0.1) is 12.1 Å². The Kier molecular flexibility index (Phi) is 4.27. The fraction of sp³-hybridized carbons (Fsp3) is 0.179. The van der Waals surface area contributed by atoms with Crippen molar-refractivity contribution in [3.63, 3.8) is 0 Å². The molecule has 0 aromatic heterocycles. The number of hydrogen-bond donors (Lipinski definition) is 0. The molecule has 34 heavy (non-hydrogen) atoms. The molecule has 1 aliphatic carbocycles. The molecule has 1 unspecified atom stereocenters. The van der Waals surface area contributed by atoms with E-state index in [1.54, 1.807) is 53.5 Å². The Morgan fingerprint density at radius 2 is 1.56 bits per heavy atom. The first-order chi connectivity index (χ1) is 16.4. The normalized spacial score (nSPS) is 23.7. The van der Waals surface area contributed by atoms with Gasteiger partial charge in [0.25, 0.3) is 0 Å². The van der Waals surface area contributed by atoms with E-state index in [9.17, 15) is 18.8 Å². The van der Waals surface area contributed by atoms with Gasteiger partial charge in [0.1, 0.15) is 17.0 Å². The first-order valence-electron chi connectivity index (χ1n) is 11.1. The van der Waals surface area contributed by atoms with Gasteiger partial charge in [-0.2, -0.15) is 0 Å². The van der Waals surface area contributed by atoms with Crippen LogP contribution in [0.1, 0.15) is 44.7 Å². The van der Waals surface area contributed by atoms with Crippen molar-refractivity contribution in [1.82, 2.24) is 0 Å². The molecule has 3 aromatic carbocycles. The number of fused-ring (bicyclic) bond motifs is 5. The highest BCUT2D eigenvalue weighted by molar-refractivity contribution is 6.32. The molecule has 1 saturated heterocycles. The fourth-order valence-electron chi connectivity index (χ4n) is 6.17. The minimum Gasteiger partial charge on any atom is -0.352 e. The highest BCUT2D eigenvalue weighted by atomic mass is 19.1. The molecule has 0 saturated carbocycles. The number of carbonyl (C=O) groups is 3. The first-order valence-corrected chi connectivity index (χ1v) is 11.1. The number of anilines is 1. The van der Waals surface area contributed by atoms with E-state index in [1.165, 1.54) is 37.3 Å². The Bertz CT molecular complexity index is 1410. The third kappa shape index (κ3) is 2.43. The van der Waals surface area contributed by atoms with Gasteiger partial charge >= 0.3 is 0 Å². The highest BCUT2D eigenvalue weighted by Gasteiger charge is 2.71.